The zero-order chi connectivity index (χ0) is 37.7. The lowest BCUT2D eigenvalue weighted by atomic mass is 9.97. The Morgan fingerprint density at radius 1 is 0.830 bits per heavy atom. The summed E-state index contributed by atoms with van der Waals surface area (Å²) in [5.41, 5.74) is 16.2. The van der Waals surface area contributed by atoms with Crippen molar-refractivity contribution in [1.82, 2.24) is 31.2 Å². The summed E-state index contributed by atoms with van der Waals surface area (Å²) in [6.45, 7) is 2.81. The summed E-state index contributed by atoms with van der Waals surface area (Å²) in [6.07, 6.45) is 4.70. The van der Waals surface area contributed by atoms with Gasteiger partial charge in [0.2, 0.25) is 23.6 Å². The number of rotatable bonds is 16. The van der Waals surface area contributed by atoms with Crippen molar-refractivity contribution in [3.8, 4) is 0 Å². The van der Waals surface area contributed by atoms with Gasteiger partial charge in [0, 0.05) is 43.2 Å². The molecule has 2 heterocycles. The van der Waals surface area contributed by atoms with Crippen LogP contribution in [0.4, 0.5) is 4.79 Å². The van der Waals surface area contributed by atoms with Crippen molar-refractivity contribution in [2.45, 2.75) is 82.6 Å². The summed E-state index contributed by atoms with van der Waals surface area (Å²) in [5.74, 6) is -1.75. The van der Waals surface area contributed by atoms with Crippen LogP contribution in [-0.2, 0) is 38.6 Å². The molecule has 13 heteroatoms. The highest BCUT2D eigenvalue weighted by Gasteiger charge is 2.37. The van der Waals surface area contributed by atoms with Gasteiger partial charge < -0.3 is 42.6 Å². The average Bonchev–Trinajstić information content (AvgIpc) is 3.57. The first kappa shape index (κ1) is 38.5. The normalized spacial score (nSPS) is 15.9. The molecule has 280 valence electrons. The van der Waals surface area contributed by atoms with Gasteiger partial charge in [0.15, 0.2) is 0 Å². The number of aromatic amines is 1. The lowest BCUT2D eigenvalue weighted by Gasteiger charge is -2.37. The van der Waals surface area contributed by atoms with Crippen molar-refractivity contribution in [1.29, 1.82) is 0 Å². The molecule has 9 N–H and O–H groups in total. The maximum absolute atomic E-state index is 14.2. The molecule has 1 aliphatic heterocycles. The number of hydrogen-bond acceptors (Lipinski definition) is 6. The molecule has 0 radical (unpaired) electrons. The van der Waals surface area contributed by atoms with Gasteiger partial charge in [-0.05, 0) is 68.2 Å². The van der Waals surface area contributed by atoms with Gasteiger partial charge in [0.25, 0.3) is 0 Å². The minimum absolute atomic E-state index is 0.122. The molecule has 3 aromatic carbocycles. The standard InChI is InChI=1S/C40H50N8O5/c1-26-16-18-28(19-17-26)24-45-36(49)33(14-9-20-43-40(42)53)46-37(50)34(23-29-25-44-32-13-6-5-12-30(29)32)47-38(51)35-15-7-8-21-48(35)39(52)31(41)22-27-10-3-2-4-11-27/h2-6,10-13,16-19,25,31,33-35,44H,7-9,14-15,20-24,41H2,1H3,(H,45,49)(H,46,50)(H,47,51)(H3,42,43,53)/t31?,33?,34?,35-/m0/s1. The molecular formula is C40H50N8O5. The van der Waals surface area contributed by atoms with E-state index in [0.29, 0.717) is 25.8 Å². The van der Waals surface area contributed by atoms with E-state index in [2.05, 4.69) is 26.3 Å². The number of benzene rings is 3. The third-order valence-electron chi connectivity index (χ3n) is 9.63. The second-order valence-electron chi connectivity index (χ2n) is 13.7. The van der Waals surface area contributed by atoms with Crippen LogP contribution in [0.15, 0.2) is 85.1 Å². The molecule has 0 spiro atoms. The summed E-state index contributed by atoms with van der Waals surface area (Å²) in [7, 11) is 0. The van der Waals surface area contributed by atoms with Crippen LogP contribution in [0.3, 0.4) is 0 Å². The molecule has 4 atom stereocenters. The molecule has 13 nitrogen and oxygen atoms in total. The quantitative estimate of drug-likeness (QED) is 0.0866. The van der Waals surface area contributed by atoms with Crippen LogP contribution in [0.1, 0.15) is 54.4 Å². The smallest absolute Gasteiger partial charge is 0.312 e. The van der Waals surface area contributed by atoms with Crippen LogP contribution in [0.2, 0.25) is 0 Å². The van der Waals surface area contributed by atoms with Gasteiger partial charge >= 0.3 is 6.03 Å². The summed E-state index contributed by atoms with van der Waals surface area (Å²) in [4.78, 5) is 71.6. The van der Waals surface area contributed by atoms with Gasteiger partial charge in [-0.2, -0.15) is 0 Å². The Kier molecular flexibility index (Phi) is 13.6. The highest BCUT2D eigenvalue weighted by molar-refractivity contribution is 5.95. The summed E-state index contributed by atoms with van der Waals surface area (Å²) >= 11 is 0. The highest BCUT2D eigenvalue weighted by Crippen LogP contribution is 2.22. The van der Waals surface area contributed by atoms with Crippen LogP contribution in [0.25, 0.3) is 10.9 Å². The number of primary amides is 1. The molecule has 1 aliphatic rings. The molecule has 0 saturated carbocycles. The molecule has 3 unspecified atom stereocenters. The summed E-state index contributed by atoms with van der Waals surface area (Å²) < 4.78 is 0. The number of nitrogens with zero attached hydrogens (tertiary/aromatic N) is 1. The first-order valence-electron chi connectivity index (χ1n) is 18.2. The number of piperidine rings is 1. The minimum atomic E-state index is -1.09. The monoisotopic (exact) mass is 722 g/mol. The number of carbonyl (C=O) groups excluding carboxylic acids is 5. The number of nitrogens with one attached hydrogen (secondary N) is 5. The van der Waals surface area contributed by atoms with Crippen LogP contribution in [0.5, 0.6) is 0 Å². The Morgan fingerprint density at radius 2 is 1.57 bits per heavy atom. The van der Waals surface area contributed by atoms with Gasteiger partial charge in [0.05, 0.1) is 6.04 Å². The third kappa shape index (κ3) is 10.9. The fourth-order valence-corrected chi connectivity index (χ4v) is 6.71. The highest BCUT2D eigenvalue weighted by atomic mass is 16.2. The second-order valence-corrected chi connectivity index (χ2v) is 13.7. The molecule has 6 amide bonds. The van der Waals surface area contributed by atoms with E-state index in [1.807, 2.05) is 85.8 Å². The number of aryl methyl sites for hydroxylation is 1. The Balaban J connectivity index is 1.34. The summed E-state index contributed by atoms with van der Waals surface area (Å²) in [5, 5.41) is 12.1. The Hall–Kier alpha value is -5.69. The molecule has 4 aromatic rings. The van der Waals surface area contributed by atoms with Crippen molar-refractivity contribution in [2.24, 2.45) is 11.5 Å². The van der Waals surface area contributed by atoms with Crippen molar-refractivity contribution < 1.29 is 24.0 Å². The Morgan fingerprint density at radius 3 is 2.32 bits per heavy atom. The van der Waals surface area contributed by atoms with E-state index in [1.54, 1.807) is 11.1 Å². The number of likely N-dealkylation sites (tertiary alicyclic amines) is 1. The van der Waals surface area contributed by atoms with Crippen LogP contribution < -0.4 is 32.7 Å². The average molecular weight is 723 g/mol. The van der Waals surface area contributed by atoms with Crippen molar-refractivity contribution >= 4 is 40.6 Å². The molecule has 1 aromatic heterocycles. The van der Waals surface area contributed by atoms with Gasteiger partial charge in [-0.15, -0.1) is 0 Å². The second kappa shape index (κ2) is 18.7. The number of hydrogen-bond donors (Lipinski definition) is 7. The van der Waals surface area contributed by atoms with Crippen LogP contribution in [-0.4, -0.2) is 76.8 Å². The number of fused-ring (bicyclic) bond motifs is 1. The Bertz CT molecular complexity index is 1860. The molecule has 0 bridgehead atoms. The molecular weight excluding hydrogens is 672 g/mol. The van der Waals surface area contributed by atoms with Crippen molar-refractivity contribution in [2.75, 3.05) is 13.1 Å². The fourth-order valence-electron chi connectivity index (χ4n) is 6.71. The van der Waals surface area contributed by atoms with E-state index in [1.165, 1.54) is 0 Å². The predicted molar refractivity (Wildman–Crippen MR) is 203 cm³/mol. The molecule has 1 saturated heterocycles. The lowest BCUT2D eigenvalue weighted by molar-refractivity contribution is -0.144. The number of carbonyl (C=O) groups is 5. The number of amides is 6. The van der Waals surface area contributed by atoms with E-state index in [0.717, 1.165) is 46.0 Å². The number of urea groups is 1. The van der Waals surface area contributed by atoms with Gasteiger partial charge in [0.1, 0.15) is 18.1 Å². The predicted octanol–water partition coefficient (Wildman–Crippen LogP) is 2.70. The fraction of sp³-hybridized carbons (Fsp3) is 0.375. The number of para-hydroxylation sites is 1. The molecule has 5 rings (SSSR count). The topological polar surface area (TPSA) is 205 Å². The van der Waals surface area contributed by atoms with E-state index in [4.69, 9.17) is 11.5 Å². The minimum Gasteiger partial charge on any atom is -0.361 e. The van der Waals surface area contributed by atoms with Crippen LogP contribution >= 0.6 is 0 Å². The first-order valence-corrected chi connectivity index (χ1v) is 18.2. The SMILES string of the molecule is Cc1ccc(CNC(=O)C(CCCNC(N)=O)NC(=O)C(Cc2c[nH]c3ccccc23)NC(=O)[C@@H]2CCCCN2C(=O)C(N)Cc2ccccc2)cc1. The van der Waals surface area contributed by atoms with Gasteiger partial charge in [-0.3, -0.25) is 19.2 Å². The third-order valence-corrected chi connectivity index (χ3v) is 9.63. The Labute approximate surface area is 309 Å². The zero-order valence-corrected chi connectivity index (χ0v) is 30.1. The summed E-state index contributed by atoms with van der Waals surface area (Å²) in [6, 6.07) is 20.5. The maximum atomic E-state index is 14.2. The number of H-pyrrole nitrogens is 1. The maximum Gasteiger partial charge on any atom is 0.312 e. The van der Waals surface area contributed by atoms with E-state index in [-0.39, 0.29) is 31.8 Å². The van der Waals surface area contributed by atoms with E-state index in [9.17, 15) is 24.0 Å². The molecule has 0 aliphatic carbocycles. The largest absolute Gasteiger partial charge is 0.361 e. The van der Waals surface area contributed by atoms with E-state index < -0.39 is 47.9 Å². The van der Waals surface area contributed by atoms with Crippen LogP contribution in [0, 0.1) is 6.92 Å². The lowest BCUT2D eigenvalue weighted by Crippen LogP contribution is -2.60. The number of aromatic nitrogens is 1. The van der Waals surface area contributed by atoms with Gasteiger partial charge in [-0.25, -0.2) is 4.79 Å². The molecule has 1 fully saturated rings. The van der Waals surface area contributed by atoms with E-state index >= 15 is 0 Å². The first-order chi connectivity index (χ1) is 25.6. The van der Waals surface area contributed by atoms with Crippen molar-refractivity contribution in [3.63, 3.8) is 0 Å². The van der Waals surface area contributed by atoms with Crippen molar-refractivity contribution in [3.05, 3.63) is 107 Å². The zero-order valence-electron chi connectivity index (χ0n) is 30.1. The molecule has 53 heavy (non-hydrogen) atoms. The number of nitrogens with two attached hydrogens (primary N) is 2. The van der Waals surface area contributed by atoms with Gasteiger partial charge in [-0.1, -0.05) is 78.4 Å².